The van der Waals surface area contributed by atoms with Crippen LogP contribution in [-0.2, 0) is 6.18 Å². The lowest BCUT2D eigenvalue weighted by atomic mass is 9.94. The Morgan fingerprint density at radius 1 is 1.10 bits per heavy atom. The number of rotatable bonds is 2. The van der Waals surface area contributed by atoms with Gasteiger partial charge in [-0.15, -0.1) is 0 Å². The molecule has 0 aliphatic carbocycles. The van der Waals surface area contributed by atoms with Gasteiger partial charge in [-0.05, 0) is 47.9 Å². The van der Waals surface area contributed by atoms with Crippen LogP contribution in [0.5, 0.6) is 0 Å². The molecule has 0 spiro atoms. The van der Waals surface area contributed by atoms with E-state index in [1.165, 1.54) is 6.07 Å². The first-order valence-electron chi connectivity index (χ1n) is 6.08. The van der Waals surface area contributed by atoms with E-state index in [-0.39, 0.29) is 5.56 Å². The Bertz CT molecular complexity index is 667. The Morgan fingerprint density at radius 3 is 2.33 bits per heavy atom. The van der Waals surface area contributed by atoms with Crippen molar-refractivity contribution in [3.05, 3.63) is 69.5 Å². The third kappa shape index (κ3) is 3.36. The van der Waals surface area contributed by atoms with Gasteiger partial charge >= 0.3 is 6.18 Å². The molecule has 1 nitrogen and oxygen atoms in total. The zero-order valence-electron chi connectivity index (χ0n) is 11.0. The summed E-state index contributed by atoms with van der Waals surface area (Å²) in [6.07, 6.45) is -4.60. The minimum absolute atomic E-state index is 0.317. The van der Waals surface area contributed by atoms with E-state index < -0.39 is 23.6 Å². The molecule has 0 bridgehead atoms. The van der Waals surface area contributed by atoms with Gasteiger partial charge in [0, 0.05) is 5.02 Å². The van der Waals surface area contributed by atoms with Gasteiger partial charge in [-0.3, -0.25) is 0 Å². The average molecular weight is 318 g/mol. The second kappa shape index (κ2) is 5.66. The molecule has 2 aromatic carbocycles. The van der Waals surface area contributed by atoms with Gasteiger partial charge in [0.05, 0.1) is 11.6 Å². The molecule has 2 rings (SSSR count). The average Bonchev–Trinajstić information content (AvgIpc) is 2.39. The van der Waals surface area contributed by atoms with Crippen LogP contribution in [0, 0.1) is 12.7 Å². The molecule has 0 saturated heterocycles. The van der Waals surface area contributed by atoms with Crippen LogP contribution < -0.4 is 5.73 Å². The van der Waals surface area contributed by atoms with E-state index in [4.69, 9.17) is 17.3 Å². The molecule has 112 valence electrons. The monoisotopic (exact) mass is 317 g/mol. The van der Waals surface area contributed by atoms with Crippen LogP contribution in [0.3, 0.4) is 0 Å². The molecule has 0 amide bonds. The molecule has 0 radical (unpaired) electrons. The van der Waals surface area contributed by atoms with Crippen molar-refractivity contribution in [1.82, 2.24) is 0 Å². The Kier molecular flexibility index (Phi) is 4.25. The molecule has 0 saturated carbocycles. The minimum Gasteiger partial charge on any atom is -0.320 e. The van der Waals surface area contributed by atoms with Crippen molar-refractivity contribution in [1.29, 1.82) is 0 Å². The zero-order valence-corrected chi connectivity index (χ0v) is 11.8. The summed E-state index contributed by atoms with van der Waals surface area (Å²) in [4.78, 5) is 0. The van der Waals surface area contributed by atoms with E-state index >= 15 is 0 Å². The van der Waals surface area contributed by atoms with Crippen molar-refractivity contribution < 1.29 is 17.6 Å². The highest BCUT2D eigenvalue weighted by atomic mass is 35.5. The summed E-state index contributed by atoms with van der Waals surface area (Å²) < 4.78 is 52.3. The number of aryl methyl sites for hydroxylation is 1. The van der Waals surface area contributed by atoms with Crippen molar-refractivity contribution in [3.63, 3.8) is 0 Å². The number of alkyl halides is 3. The summed E-state index contributed by atoms with van der Waals surface area (Å²) in [5.74, 6) is -0.772. The van der Waals surface area contributed by atoms with Gasteiger partial charge < -0.3 is 5.73 Å². The van der Waals surface area contributed by atoms with Gasteiger partial charge in [0.15, 0.2) is 0 Å². The molecule has 21 heavy (non-hydrogen) atoms. The van der Waals surface area contributed by atoms with E-state index in [9.17, 15) is 17.6 Å². The van der Waals surface area contributed by atoms with Gasteiger partial charge in [0.1, 0.15) is 5.82 Å². The third-order valence-electron chi connectivity index (χ3n) is 3.21. The summed E-state index contributed by atoms with van der Waals surface area (Å²) in [5.41, 5.74) is 5.78. The van der Waals surface area contributed by atoms with Crippen LogP contribution in [0.2, 0.25) is 5.02 Å². The lowest BCUT2D eigenvalue weighted by molar-refractivity contribution is -0.138. The fourth-order valence-electron chi connectivity index (χ4n) is 2.03. The highest BCUT2D eigenvalue weighted by Gasteiger charge is 2.35. The molecule has 6 heteroatoms. The van der Waals surface area contributed by atoms with E-state index in [0.29, 0.717) is 16.7 Å². The second-order valence-electron chi connectivity index (χ2n) is 4.72. The SMILES string of the molecule is Cc1ccc(C(N)c2cc(F)ccc2C(F)(F)F)cc1Cl. The largest absolute Gasteiger partial charge is 0.416 e. The van der Waals surface area contributed by atoms with Crippen LogP contribution >= 0.6 is 11.6 Å². The third-order valence-corrected chi connectivity index (χ3v) is 3.62. The summed E-state index contributed by atoms with van der Waals surface area (Å²) in [6.45, 7) is 1.76. The first-order valence-corrected chi connectivity index (χ1v) is 6.46. The topological polar surface area (TPSA) is 26.0 Å². The van der Waals surface area contributed by atoms with Gasteiger partial charge in [0.25, 0.3) is 0 Å². The quantitative estimate of drug-likeness (QED) is 0.787. The Hall–Kier alpha value is -1.59. The molecule has 1 atom stereocenters. The molecule has 0 aliphatic heterocycles. The molecule has 1 unspecified atom stereocenters. The predicted molar refractivity (Wildman–Crippen MR) is 73.6 cm³/mol. The van der Waals surface area contributed by atoms with Gasteiger partial charge in [-0.2, -0.15) is 13.2 Å². The molecule has 0 aromatic heterocycles. The van der Waals surface area contributed by atoms with Crippen molar-refractivity contribution in [2.75, 3.05) is 0 Å². The predicted octanol–water partition coefficient (Wildman–Crippen LogP) is 4.85. The molecule has 2 aromatic rings. The molecule has 2 N–H and O–H groups in total. The normalized spacial score (nSPS) is 13.3. The summed E-state index contributed by atoms with van der Waals surface area (Å²) in [5, 5.41) is 0.396. The maximum Gasteiger partial charge on any atom is 0.416 e. The van der Waals surface area contributed by atoms with E-state index in [2.05, 4.69) is 0 Å². The number of halogens is 5. The lowest BCUT2D eigenvalue weighted by Gasteiger charge is -2.19. The summed E-state index contributed by atoms with van der Waals surface area (Å²) >= 11 is 5.95. The fourth-order valence-corrected chi connectivity index (χ4v) is 2.22. The van der Waals surface area contributed by atoms with Crippen molar-refractivity contribution in [3.8, 4) is 0 Å². The minimum atomic E-state index is -4.60. The van der Waals surface area contributed by atoms with Crippen molar-refractivity contribution >= 4 is 11.6 Å². The lowest BCUT2D eigenvalue weighted by Crippen LogP contribution is -2.19. The second-order valence-corrected chi connectivity index (χ2v) is 5.12. The number of hydrogen-bond acceptors (Lipinski definition) is 1. The van der Waals surface area contributed by atoms with E-state index in [1.54, 1.807) is 19.1 Å². The van der Waals surface area contributed by atoms with Crippen molar-refractivity contribution in [2.24, 2.45) is 5.73 Å². The number of hydrogen-bond donors (Lipinski definition) is 1. The van der Waals surface area contributed by atoms with Crippen molar-refractivity contribution in [2.45, 2.75) is 19.1 Å². The first kappa shape index (κ1) is 15.8. The fraction of sp³-hybridized carbons (Fsp3) is 0.200. The number of nitrogens with two attached hydrogens (primary N) is 1. The maximum absolute atomic E-state index is 13.3. The number of benzene rings is 2. The zero-order chi connectivity index (χ0) is 15.8. The Balaban J connectivity index is 2.54. The first-order chi connectivity index (χ1) is 9.70. The van der Waals surface area contributed by atoms with Crippen LogP contribution in [0.15, 0.2) is 36.4 Å². The molecular formula is C15H12ClF4N. The summed E-state index contributed by atoms with van der Waals surface area (Å²) in [7, 11) is 0. The van der Waals surface area contributed by atoms with Crippen LogP contribution in [0.1, 0.15) is 28.3 Å². The molecule has 0 heterocycles. The van der Waals surface area contributed by atoms with E-state index in [1.807, 2.05) is 0 Å². The Labute approximate surface area is 124 Å². The van der Waals surface area contributed by atoms with Crippen LogP contribution in [0.4, 0.5) is 17.6 Å². The van der Waals surface area contributed by atoms with Gasteiger partial charge in [-0.25, -0.2) is 4.39 Å². The smallest absolute Gasteiger partial charge is 0.320 e. The van der Waals surface area contributed by atoms with Crippen LogP contribution in [-0.4, -0.2) is 0 Å². The van der Waals surface area contributed by atoms with Gasteiger partial charge in [-0.1, -0.05) is 23.7 Å². The van der Waals surface area contributed by atoms with E-state index in [0.717, 1.165) is 17.7 Å². The maximum atomic E-state index is 13.3. The standard InChI is InChI=1S/C15H12ClF4N/c1-8-2-3-9(6-13(8)16)14(21)11-7-10(17)4-5-12(11)15(18,19)20/h2-7,14H,21H2,1H3. The van der Waals surface area contributed by atoms with Crippen LogP contribution in [0.25, 0.3) is 0 Å². The molecular weight excluding hydrogens is 306 g/mol. The molecule has 0 aliphatic rings. The Morgan fingerprint density at radius 2 is 1.76 bits per heavy atom. The highest BCUT2D eigenvalue weighted by molar-refractivity contribution is 6.31. The summed E-state index contributed by atoms with van der Waals surface area (Å²) in [6, 6.07) is 5.88. The molecule has 0 fully saturated rings. The highest BCUT2D eigenvalue weighted by Crippen LogP contribution is 2.36. The van der Waals surface area contributed by atoms with Gasteiger partial charge in [0.2, 0.25) is 0 Å².